The van der Waals surface area contributed by atoms with E-state index in [9.17, 15) is 19.2 Å². The van der Waals surface area contributed by atoms with Gasteiger partial charge in [0.2, 0.25) is 17.7 Å². The maximum absolute atomic E-state index is 14.1. The van der Waals surface area contributed by atoms with Crippen LogP contribution in [0.15, 0.2) is 18.2 Å². The molecule has 1 aromatic carbocycles. The molecule has 0 heterocycles. The van der Waals surface area contributed by atoms with Crippen LogP contribution in [0.2, 0.25) is 0 Å². The summed E-state index contributed by atoms with van der Waals surface area (Å²) in [4.78, 5) is 53.4. The molecule has 9 nitrogen and oxygen atoms in total. The Hall–Kier alpha value is -3.10. The van der Waals surface area contributed by atoms with Gasteiger partial charge in [-0.05, 0) is 70.6 Å². The third kappa shape index (κ3) is 11.5. The number of carbonyl (C=O) groups excluding carboxylic acids is 4. The summed E-state index contributed by atoms with van der Waals surface area (Å²) < 4.78 is 5.37. The molecular weight excluding hydrogens is 484 g/mol. The number of carbonyl (C=O) groups is 4. The number of nitrogens with zero attached hydrogens (tertiary/aromatic N) is 1. The molecule has 1 aromatic rings. The van der Waals surface area contributed by atoms with E-state index in [1.54, 1.807) is 20.8 Å². The van der Waals surface area contributed by atoms with E-state index in [4.69, 9.17) is 10.5 Å². The molecule has 0 fully saturated rings. The highest BCUT2D eigenvalue weighted by Crippen LogP contribution is 2.26. The van der Waals surface area contributed by atoms with E-state index in [1.807, 2.05) is 39.0 Å². The van der Waals surface area contributed by atoms with E-state index in [2.05, 4.69) is 17.6 Å². The molecule has 2 atom stereocenters. The Bertz CT molecular complexity index is 941. The topological polar surface area (TPSA) is 131 Å². The summed E-state index contributed by atoms with van der Waals surface area (Å²) in [5.41, 5.74) is 7.38. The van der Waals surface area contributed by atoms with Crippen molar-refractivity contribution in [3.63, 3.8) is 0 Å². The fourth-order valence-corrected chi connectivity index (χ4v) is 3.99. The molecule has 0 aliphatic rings. The summed E-state index contributed by atoms with van der Waals surface area (Å²) in [6.07, 6.45) is 3.33. The first-order valence-corrected chi connectivity index (χ1v) is 13.7. The number of hydrogen-bond acceptors (Lipinski definition) is 5. The van der Waals surface area contributed by atoms with Gasteiger partial charge in [-0.15, -0.1) is 0 Å². The number of nitrogens with one attached hydrogen (secondary N) is 2. The highest BCUT2D eigenvalue weighted by molar-refractivity contribution is 5.92. The second-order valence-electron chi connectivity index (χ2n) is 10.8. The summed E-state index contributed by atoms with van der Waals surface area (Å²) >= 11 is 0. The lowest BCUT2D eigenvalue weighted by atomic mass is 9.97. The van der Waals surface area contributed by atoms with Gasteiger partial charge < -0.3 is 26.0 Å². The van der Waals surface area contributed by atoms with E-state index in [0.29, 0.717) is 25.1 Å². The molecule has 0 spiro atoms. The Morgan fingerprint density at radius 2 is 1.66 bits per heavy atom. The van der Waals surface area contributed by atoms with Crippen molar-refractivity contribution in [3.05, 3.63) is 34.9 Å². The molecule has 0 aliphatic heterocycles. The number of hydrogen-bond donors (Lipinski definition) is 3. The second-order valence-corrected chi connectivity index (χ2v) is 10.8. The van der Waals surface area contributed by atoms with Crippen LogP contribution in [0, 0.1) is 13.8 Å². The van der Waals surface area contributed by atoms with Gasteiger partial charge in [-0.1, -0.05) is 51.3 Å². The number of aryl methyl sites for hydroxylation is 2. The fraction of sp³-hybridized carbons (Fsp3) is 0.655. The zero-order valence-electron chi connectivity index (χ0n) is 24.3. The first-order chi connectivity index (χ1) is 17.8. The Morgan fingerprint density at radius 3 is 2.21 bits per heavy atom. The second kappa shape index (κ2) is 16.0. The Labute approximate surface area is 228 Å². The molecule has 0 bridgehead atoms. The lowest BCUT2D eigenvalue weighted by Crippen LogP contribution is -2.53. The zero-order valence-corrected chi connectivity index (χ0v) is 24.3. The third-order valence-electron chi connectivity index (χ3n) is 6.19. The number of benzene rings is 1. The lowest BCUT2D eigenvalue weighted by molar-refractivity contribution is -0.142. The SMILES string of the molecule is CCCCCN(C(=O)C(CCC(N)=O)NC(=O)OC(C)(C)C)C(C(=O)NCCCC)c1ccc(C)c(C)c1. The molecule has 0 radical (unpaired) electrons. The van der Waals surface area contributed by atoms with E-state index >= 15 is 0 Å². The minimum Gasteiger partial charge on any atom is -0.444 e. The van der Waals surface area contributed by atoms with Gasteiger partial charge in [0, 0.05) is 19.5 Å². The van der Waals surface area contributed by atoms with Gasteiger partial charge in [-0.2, -0.15) is 0 Å². The van der Waals surface area contributed by atoms with Gasteiger partial charge in [-0.25, -0.2) is 4.79 Å². The number of primary amides is 1. The third-order valence-corrected chi connectivity index (χ3v) is 6.19. The highest BCUT2D eigenvalue weighted by Gasteiger charge is 2.36. The predicted octanol–water partition coefficient (Wildman–Crippen LogP) is 4.44. The van der Waals surface area contributed by atoms with Gasteiger partial charge in [0.05, 0.1) is 0 Å². The van der Waals surface area contributed by atoms with Crippen molar-refractivity contribution < 1.29 is 23.9 Å². The van der Waals surface area contributed by atoms with Gasteiger partial charge in [0.25, 0.3) is 0 Å². The summed E-state index contributed by atoms with van der Waals surface area (Å²) in [6.45, 7) is 14.0. The first kappa shape index (κ1) is 32.9. The fourth-order valence-electron chi connectivity index (χ4n) is 3.99. The Morgan fingerprint density at radius 1 is 1.00 bits per heavy atom. The molecule has 0 aliphatic carbocycles. The van der Waals surface area contributed by atoms with Crippen LogP contribution in [0.1, 0.15) is 102 Å². The molecule has 9 heteroatoms. The van der Waals surface area contributed by atoms with Crippen LogP contribution in [-0.2, 0) is 19.1 Å². The van der Waals surface area contributed by atoms with Crippen molar-refractivity contribution in [1.82, 2.24) is 15.5 Å². The average Bonchev–Trinajstić information content (AvgIpc) is 2.81. The minimum atomic E-state index is -1.09. The number of nitrogens with two attached hydrogens (primary N) is 1. The van der Waals surface area contributed by atoms with Crippen LogP contribution >= 0.6 is 0 Å². The van der Waals surface area contributed by atoms with Crippen LogP contribution in [0.4, 0.5) is 4.79 Å². The Kier molecular flexibility index (Phi) is 13.9. The Balaban J connectivity index is 3.51. The largest absolute Gasteiger partial charge is 0.444 e. The van der Waals surface area contributed by atoms with Crippen LogP contribution in [-0.4, -0.2) is 53.4 Å². The highest BCUT2D eigenvalue weighted by atomic mass is 16.6. The molecule has 38 heavy (non-hydrogen) atoms. The molecule has 214 valence electrons. The predicted molar refractivity (Wildman–Crippen MR) is 149 cm³/mol. The number of alkyl carbamates (subject to hydrolysis) is 1. The molecule has 1 rings (SSSR count). The van der Waals surface area contributed by atoms with Gasteiger partial charge in [-0.3, -0.25) is 14.4 Å². The molecule has 0 aromatic heterocycles. The number of unbranched alkanes of at least 4 members (excludes halogenated alkanes) is 3. The van der Waals surface area contributed by atoms with E-state index in [0.717, 1.165) is 36.8 Å². The smallest absolute Gasteiger partial charge is 0.408 e. The van der Waals surface area contributed by atoms with Gasteiger partial charge in [0.15, 0.2) is 0 Å². The summed E-state index contributed by atoms with van der Waals surface area (Å²) in [7, 11) is 0. The average molecular weight is 533 g/mol. The van der Waals surface area contributed by atoms with Crippen LogP contribution in [0.25, 0.3) is 0 Å². The first-order valence-electron chi connectivity index (χ1n) is 13.7. The molecular formula is C29H48N4O5. The maximum Gasteiger partial charge on any atom is 0.408 e. The lowest BCUT2D eigenvalue weighted by Gasteiger charge is -2.35. The molecule has 4 N–H and O–H groups in total. The standard InChI is InChI=1S/C29H48N4O5/c1-8-10-12-18-33(27(36)23(15-16-24(30)34)32-28(37)38-29(5,6)7)25(26(35)31-17-11-9-2)22-14-13-20(3)21(4)19-22/h13-14,19,23,25H,8-12,15-18H2,1-7H3,(H2,30,34)(H,31,35)(H,32,37). The molecule has 2 unspecified atom stereocenters. The van der Waals surface area contributed by atoms with Gasteiger partial charge >= 0.3 is 6.09 Å². The molecule has 0 saturated heterocycles. The van der Waals surface area contributed by atoms with Crippen LogP contribution < -0.4 is 16.4 Å². The number of amides is 4. The van der Waals surface area contributed by atoms with Crippen molar-refractivity contribution in [2.75, 3.05) is 13.1 Å². The van der Waals surface area contributed by atoms with Crippen molar-refractivity contribution in [2.24, 2.45) is 5.73 Å². The summed E-state index contributed by atoms with van der Waals surface area (Å²) in [5.74, 6) is -1.33. The van der Waals surface area contributed by atoms with Crippen LogP contribution in [0.5, 0.6) is 0 Å². The summed E-state index contributed by atoms with van der Waals surface area (Å²) in [6, 6.07) is 3.75. The molecule has 0 saturated carbocycles. The van der Waals surface area contributed by atoms with Crippen LogP contribution in [0.3, 0.4) is 0 Å². The van der Waals surface area contributed by atoms with E-state index in [-0.39, 0.29) is 18.7 Å². The monoisotopic (exact) mass is 532 g/mol. The minimum absolute atomic E-state index is 0.00517. The number of ether oxygens (including phenoxy) is 1. The summed E-state index contributed by atoms with van der Waals surface area (Å²) in [5, 5.41) is 5.61. The molecule has 4 amide bonds. The van der Waals surface area contributed by atoms with Gasteiger partial charge in [0.1, 0.15) is 17.7 Å². The van der Waals surface area contributed by atoms with Crippen molar-refractivity contribution in [2.45, 2.75) is 111 Å². The zero-order chi connectivity index (χ0) is 28.9. The number of rotatable bonds is 15. The van der Waals surface area contributed by atoms with E-state index < -0.39 is 35.6 Å². The quantitative estimate of drug-likeness (QED) is 0.288. The van der Waals surface area contributed by atoms with Crippen molar-refractivity contribution in [1.29, 1.82) is 0 Å². The van der Waals surface area contributed by atoms with Crippen molar-refractivity contribution in [3.8, 4) is 0 Å². The van der Waals surface area contributed by atoms with Crippen molar-refractivity contribution >= 4 is 23.8 Å². The van der Waals surface area contributed by atoms with E-state index in [1.165, 1.54) is 4.90 Å². The normalized spacial score (nSPS) is 12.8. The maximum atomic E-state index is 14.1.